The summed E-state index contributed by atoms with van der Waals surface area (Å²) < 4.78 is 14.6. The highest BCUT2D eigenvalue weighted by Crippen LogP contribution is 2.32. The van der Waals surface area contributed by atoms with Crippen LogP contribution in [0.15, 0.2) is 16.6 Å². The quantitative estimate of drug-likeness (QED) is 0.680. The zero-order valence-electron chi connectivity index (χ0n) is 10.8. The monoisotopic (exact) mass is 422 g/mol. The summed E-state index contributed by atoms with van der Waals surface area (Å²) in [5.74, 6) is -0.443. The van der Waals surface area contributed by atoms with E-state index in [1.54, 1.807) is 0 Å². The number of hydrogen-bond donors (Lipinski definition) is 1. The number of rotatable bonds is 5. The van der Waals surface area contributed by atoms with Crippen molar-refractivity contribution < 1.29 is 9.18 Å². The van der Waals surface area contributed by atoms with Crippen LogP contribution in [0, 0.1) is 5.82 Å². The van der Waals surface area contributed by atoms with Crippen LogP contribution in [0.3, 0.4) is 0 Å². The van der Waals surface area contributed by atoms with Gasteiger partial charge in [-0.1, -0.05) is 47.0 Å². The average Bonchev–Trinajstić information content (AvgIpc) is 2.78. The number of alkyl halides is 1. The van der Waals surface area contributed by atoms with Gasteiger partial charge in [-0.2, -0.15) is 0 Å². The number of unbranched alkanes of at least 4 members (excludes halogenated alkanes) is 1. The Morgan fingerprint density at radius 1 is 1.55 bits per heavy atom. The molecule has 108 valence electrons. The number of halogens is 3. The maximum absolute atomic E-state index is 13.3. The van der Waals surface area contributed by atoms with Gasteiger partial charge in [0.2, 0.25) is 5.91 Å². The van der Waals surface area contributed by atoms with Gasteiger partial charge in [0.1, 0.15) is 5.82 Å². The lowest BCUT2D eigenvalue weighted by Crippen LogP contribution is -2.22. The lowest BCUT2D eigenvalue weighted by Gasteiger charge is -2.07. The maximum atomic E-state index is 13.3. The van der Waals surface area contributed by atoms with Crippen molar-refractivity contribution in [2.75, 3.05) is 5.32 Å². The van der Waals surface area contributed by atoms with Crippen LogP contribution < -0.4 is 5.32 Å². The fourth-order valence-electron chi connectivity index (χ4n) is 1.71. The molecule has 2 aromatic rings. The van der Waals surface area contributed by atoms with E-state index < -0.39 is 0 Å². The van der Waals surface area contributed by atoms with Gasteiger partial charge in [0.05, 0.1) is 15.0 Å². The first-order valence-corrected chi connectivity index (χ1v) is 8.74. The number of anilines is 1. The lowest BCUT2D eigenvalue weighted by atomic mass is 10.2. The van der Waals surface area contributed by atoms with Crippen LogP contribution >= 0.6 is 43.2 Å². The van der Waals surface area contributed by atoms with E-state index in [-0.39, 0.29) is 16.6 Å². The first kappa shape index (κ1) is 15.9. The number of carbonyl (C=O) groups excluding carboxylic acids is 1. The Labute approximate surface area is 137 Å². The Bertz CT molecular complexity index is 632. The summed E-state index contributed by atoms with van der Waals surface area (Å²) in [5, 5.41) is 3.25. The van der Waals surface area contributed by atoms with E-state index in [0.717, 1.165) is 19.3 Å². The molecule has 0 aliphatic rings. The van der Waals surface area contributed by atoms with Gasteiger partial charge < -0.3 is 5.32 Å². The molecule has 1 aromatic carbocycles. The topological polar surface area (TPSA) is 42.0 Å². The number of benzene rings is 1. The Balaban J connectivity index is 2.14. The minimum absolute atomic E-state index is 0.117. The number of amides is 1. The van der Waals surface area contributed by atoms with E-state index in [1.165, 1.54) is 23.5 Å². The molecule has 0 aliphatic heterocycles. The van der Waals surface area contributed by atoms with E-state index in [2.05, 4.69) is 49.1 Å². The molecule has 0 unspecified atom stereocenters. The molecule has 1 atom stereocenters. The van der Waals surface area contributed by atoms with Crippen molar-refractivity contribution in [3.05, 3.63) is 22.4 Å². The maximum Gasteiger partial charge on any atom is 0.239 e. The van der Waals surface area contributed by atoms with E-state index in [4.69, 9.17) is 0 Å². The molecule has 0 saturated carbocycles. The second kappa shape index (κ2) is 6.95. The first-order chi connectivity index (χ1) is 9.51. The summed E-state index contributed by atoms with van der Waals surface area (Å²) in [6.07, 6.45) is 2.81. The van der Waals surface area contributed by atoms with Crippen LogP contribution in [0.5, 0.6) is 0 Å². The molecule has 0 radical (unpaired) electrons. The Kier molecular flexibility index (Phi) is 5.51. The molecule has 1 heterocycles. The number of carbonyl (C=O) groups is 1. The highest BCUT2D eigenvalue weighted by molar-refractivity contribution is 9.10. The average molecular weight is 424 g/mol. The smallest absolute Gasteiger partial charge is 0.239 e. The van der Waals surface area contributed by atoms with Crippen LogP contribution in [0.25, 0.3) is 10.2 Å². The fraction of sp³-hybridized carbons (Fsp3) is 0.385. The van der Waals surface area contributed by atoms with Crippen LogP contribution in [-0.2, 0) is 4.79 Å². The standard InChI is InChI=1S/C13H13Br2FN2OS/c1-2-3-4-8(14)12(19)18-13-17-11-9(15)5-7(16)6-10(11)20-13/h5-6,8H,2-4H2,1H3,(H,17,18,19)/t8-/m1/s1. The molecular weight excluding hydrogens is 411 g/mol. The second-order valence-corrected chi connectivity index (χ2v) is 7.34. The summed E-state index contributed by atoms with van der Waals surface area (Å²) in [5.41, 5.74) is 0.659. The zero-order valence-corrected chi connectivity index (χ0v) is 14.7. The van der Waals surface area contributed by atoms with Crippen LogP contribution in [0.4, 0.5) is 9.52 Å². The number of fused-ring (bicyclic) bond motifs is 1. The van der Waals surface area contributed by atoms with Gasteiger partial charge in [-0.3, -0.25) is 4.79 Å². The molecule has 0 fully saturated rings. The molecule has 1 aromatic heterocycles. The van der Waals surface area contributed by atoms with Crippen molar-refractivity contribution in [2.24, 2.45) is 0 Å². The molecule has 0 saturated heterocycles. The molecule has 3 nitrogen and oxygen atoms in total. The molecule has 1 amide bonds. The minimum atomic E-state index is -0.327. The summed E-state index contributed by atoms with van der Waals surface area (Å²) in [4.78, 5) is 16.1. The summed E-state index contributed by atoms with van der Waals surface area (Å²) in [6.45, 7) is 2.08. The van der Waals surface area contributed by atoms with E-state index >= 15 is 0 Å². The largest absolute Gasteiger partial charge is 0.301 e. The molecule has 0 bridgehead atoms. The zero-order chi connectivity index (χ0) is 14.7. The molecular formula is C13H13Br2FN2OS. The molecule has 7 heteroatoms. The Morgan fingerprint density at radius 2 is 2.30 bits per heavy atom. The Morgan fingerprint density at radius 3 is 3.00 bits per heavy atom. The van der Waals surface area contributed by atoms with E-state index in [9.17, 15) is 9.18 Å². The number of thiazole rings is 1. The van der Waals surface area contributed by atoms with Gasteiger partial charge in [0, 0.05) is 4.47 Å². The number of nitrogens with zero attached hydrogens (tertiary/aromatic N) is 1. The van der Waals surface area contributed by atoms with Gasteiger partial charge in [-0.25, -0.2) is 9.37 Å². The van der Waals surface area contributed by atoms with Crippen LogP contribution in [0.2, 0.25) is 0 Å². The van der Waals surface area contributed by atoms with E-state index in [0.29, 0.717) is 19.8 Å². The number of nitrogens with one attached hydrogen (secondary N) is 1. The van der Waals surface area contributed by atoms with Crippen LogP contribution in [0.1, 0.15) is 26.2 Å². The third-order valence-electron chi connectivity index (χ3n) is 2.74. The van der Waals surface area contributed by atoms with Gasteiger partial charge in [-0.15, -0.1) is 0 Å². The molecule has 1 N–H and O–H groups in total. The minimum Gasteiger partial charge on any atom is -0.301 e. The normalized spacial score (nSPS) is 12.6. The van der Waals surface area contributed by atoms with Crippen molar-refractivity contribution in [3.8, 4) is 0 Å². The van der Waals surface area contributed by atoms with E-state index in [1.807, 2.05) is 0 Å². The third kappa shape index (κ3) is 3.77. The molecule has 2 rings (SSSR count). The van der Waals surface area contributed by atoms with Crippen LogP contribution in [-0.4, -0.2) is 15.7 Å². The Hall–Kier alpha value is -0.530. The summed E-state index contributed by atoms with van der Waals surface area (Å²) >= 11 is 7.90. The third-order valence-corrected chi connectivity index (χ3v) is 5.13. The highest BCUT2D eigenvalue weighted by Gasteiger charge is 2.17. The van der Waals surface area contributed by atoms with Crippen molar-refractivity contribution in [1.82, 2.24) is 4.98 Å². The summed E-state index contributed by atoms with van der Waals surface area (Å²) in [7, 11) is 0. The number of hydrogen-bond acceptors (Lipinski definition) is 3. The summed E-state index contributed by atoms with van der Waals surface area (Å²) in [6, 6.07) is 2.78. The lowest BCUT2D eigenvalue weighted by molar-refractivity contribution is -0.115. The number of aromatic nitrogens is 1. The fourth-order valence-corrected chi connectivity index (χ4v) is 3.72. The predicted molar refractivity (Wildman–Crippen MR) is 88.1 cm³/mol. The highest BCUT2D eigenvalue weighted by atomic mass is 79.9. The van der Waals surface area contributed by atoms with Crippen molar-refractivity contribution in [1.29, 1.82) is 0 Å². The van der Waals surface area contributed by atoms with Crippen molar-refractivity contribution in [3.63, 3.8) is 0 Å². The van der Waals surface area contributed by atoms with Crippen molar-refractivity contribution in [2.45, 2.75) is 31.0 Å². The molecule has 0 aliphatic carbocycles. The SMILES string of the molecule is CCCC[C@@H](Br)C(=O)Nc1nc2c(Br)cc(F)cc2s1. The van der Waals surface area contributed by atoms with Gasteiger partial charge >= 0.3 is 0 Å². The van der Waals surface area contributed by atoms with Gasteiger partial charge in [0.25, 0.3) is 0 Å². The molecule has 20 heavy (non-hydrogen) atoms. The van der Waals surface area contributed by atoms with Gasteiger partial charge in [0.15, 0.2) is 5.13 Å². The molecule has 0 spiro atoms. The van der Waals surface area contributed by atoms with Gasteiger partial charge in [-0.05, 0) is 34.5 Å². The first-order valence-electron chi connectivity index (χ1n) is 6.21. The van der Waals surface area contributed by atoms with Crippen molar-refractivity contribution >= 4 is 64.5 Å². The predicted octanol–water partition coefficient (Wildman–Crippen LogP) is 5.09. The second-order valence-electron chi connectivity index (χ2n) is 4.35.